The number of benzene rings is 1. The fourth-order valence-corrected chi connectivity index (χ4v) is 1.31. The molecule has 0 fully saturated rings. The Morgan fingerprint density at radius 2 is 1.92 bits per heavy atom. The third-order valence-electron chi connectivity index (χ3n) is 1.22. The van der Waals surface area contributed by atoms with Crippen LogP contribution in [0.4, 0.5) is 0 Å². The van der Waals surface area contributed by atoms with E-state index in [4.69, 9.17) is 9.63 Å². The van der Waals surface area contributed by atoms with Gasteiger partial charge in [-0.1, -0.05) is 0 Å². The maximum atomic E-state index is 9.26. The summed E-state index contributed by atoms with van der Waals surface area (Å²) in [6, 6.07) is 4.22. The quantitative estimate of drug-likeness (QED) is 0.549. The lowest BCUT2D eigenvalue weighted by Gasteiger charge is -2.10. The predicted octanol–water partition coefficient (Wildman–Crippen LogP) is 2.13. The van der Waals surface area contributed by atoms with Crippen LogP contribution >= 0.6 is 8.15 Å². The van der Waals surface area contributed by atoms with Crippen LogP contribution in [0.5, 0.6) is 17.2 Å². The van der Waals surface area contributed by atoms with E-state index < -0.39 is 8.15 Å². The molecule has 0 heterocycles. The van der Waals surface area contributed by atoms with Gasteiger partial charge in [0.25, 0.3) is 0 Å². The number of phenols is 2. The van der Waals surface area contributed by atoms with Crippen molar-refractivity contribution in [2.24, 2.45) is 0 Å². The summed E-state index contributed by atoms with van der Waals surface area (Å²) < 4.78 is 5.28. The van der Waals surface area contributed by atoms with Crippen molar-refractivity contribution >= 4 is 8.15 Å². The highest BCUT2D eigenvalue weighted by atomic mass is 31.1. The first-order valence-corrected chi connectivity index (χ1v) is 5.62. The van der Waals surface area contributed by atoms with E-state index in [0.717, 1.165) is 0 Å². The first-order chi connectivity index (χ1) is 5.59. The lowest BCUT2D eigenvalue weighted by atomic mass is 10.3. The van der Waals surface area contributed by atoms with Gasteiger partial charge in [0.2, 0.25) is 0 Å². The molecule has 1 rings (SSSR count). The van der Waals surface area contributed by atoms with Gasteiger partial charge in [-0.2, -0.15) is 0 Å². The molecule has 12 heavy (non-hydrogen) atoms. The van der Waals surface area contributed by atoms with Gasteiger partial charge in [-0.15, -0.1) is 0 Å². The molecule has 0 aliphatic carbocycles. The Kier molecular flexibility index (Phi) is 2.77. The molecular formula is C8H11O3P. The van der Waals surface area contributed by atoms with Crippen molar-refractivity contribution in [2.75, 3.05) is 13.3 Å². The first kappa shape index (κ1) is 9.14. The zero-order valence-corrected chi connectivity index (χ0v) is 7.88. The number of aromatic hydroxyl groups is 2. The van der Waals surface area contributed by atoms with E-state index in [1.165, 1.54) is 18.2 Å². The van der Waals surface area contributed by atoms with Crippen LogP contribution in [0.2, 0.25) is 0 Å². The Morgan fingerprint density at radius 1 is 1.25 bits per heavy atom. The molecule has 0 amide bonds. The summed E-state index contributed by atoms with van der Waals surface area (Å²) in [5.74, 6) is 0.495. The van der Waals surface area contributed by atoms with Gasteiger partial charge in [-0.3, -0.25) is 0 Å². The summed E-state index contributed by atoms with van der Waals surface area (Å²) in [6.07, 6.45) is 0. The summed E-state index contributed by atoms with van der Waals surface area (Å²) in [5.41, 5.74) is 0. The SMILES string of the molecule is CP(C)Oc1cc(O)ccc1O. The molecular weight excluding hydrogens is 175 g/mol. The van der Waals surface area contributed by atoms with Gasteiger partial charge in [0.15, 0.2) is 11.5 Å². The second-order valence-corrected chi connectivity index (χ2v) is 4.36. The van der Waals surface area contributed by atoms with Crippen LogP contribution < -0.4 is 4.52 Å². The average Bonchev–Trinajstić information content (AvgIpc) is 1.96. The molecule has 0 aromatic heterocycles. The van der Waals surface area contributed by atoms with Crippen LogP contribution in [0.1, 0.15) is 0 Å². The Balaban J connectivity index is 2.90. The maximum Gasteiger partial charge on any atom is 0.168 e. The molecule has 0 unspecified atom stereocenters. The van der Waals surface area contributed by atoms with Crippen LogP contribution in [0, 0.1) is 0 Å². The van der Waals surface area contributed by atoms with Crippen molar-refractivity contribution in [3.05, 3.63) is 18.2 Å². The fourth-order valence-electron chi connectivity index (χ4n) is 0.773. The molecule has 0 aliphatic heterocycles. The molecule has 0 radical (unpaired) electrons. The number of rotatable bonds is 2. The molecule has 0 atom stereocenters. The van der Waals surface area contributed by atoms with Crippen molar-refractivity contribution in [3.8, 4) is 17.2 Å². The van der Waals surface area contributed by atoms with Crippen molar-refractivity contribution in [1.82, 2.24) is 0 Å². The van der Waals surface area contributed by atoms with Crippen molar-refractivity contribution in [3.63, 3.8) is 0 Å². The summed E-state index contributed by atoms with van der Waals surface area (Å²) in [7, 11) is -0.576. The van der Waals surface area contributed by atoms with Gasteiger partial charge in [0.1, 0.15) is 5.75 Å². The standard InChI is InChI=1S/C8H11O3P/c1-12(2)11-8-5-6(9)3-4-7(8)10/h3-5,9-10H,1-2H3. The number of hydrogen-bond acceptors (Lipinski definition) is 3. The lowest BCUT2D eigenvalue weighted by molar-refractivity contribution is 0.436. The largest absolute Gasteiger partial charge is 0.508 e. The molecule has 0 aliphatic rings. The van der Waals surface area contributed by atoms with E-state index in [2.05, 4.69) is 0 Å². The first-order valence-electron chi connectivity index (χ1n) is 3.47. The second-order valence-electron chi connectivity index (χ2n) is 2.56. The minimum absolute atomic E-state index is 0.0593. The molecule has 0 spiro atoms. The highest BCUT2D eigenvalue weighted by Gasteiger charge is 2.04. The molecule has 66 valence electrons. The highest BCUT2D eigenvalue weighted by Crippen LogP contribution is 2.37. The van der Waals surface area contributed by atoms with E-state index >= 15 is 0 Å². The van der Waals surface area contributed by atoms with E-state index in [0.29, 0.717) is 5.75 Å². The minimum atomic E-state index is -0.576. The molecule has 2 N–H and O–H groups in total. The van der Waals surface area contributed by atoms with E-state index in [1.807, 2.05) is 13.3 Å². The van der Waals surface area contributed by atoms with Gasteiger partial charge in [0.05, 0.1) is 8.15 Å². The van der Waals surface area contributed by atoms with E-state index in [-0.39, 0.29) is 11.5 Å². The fraction of sp³-hybridized carbons (Fsp3) is 0.250. The molecule has 1 aromatic rings. The van der Waals surface area contributed by atoms with Crippen LogP contribution in [0.3, 0.4) is 0 Å². The van der Waals surface area contributed by atoms with Crippen LogP contribution in [0.15, 0.2) is 18.2 Å². The van der Waals surface area contributed by atoms with Gasteiger partial charge < -0.3 is 14.7 Å². The van der Waals surface area contributed by atoms with Gasteiger partial charge >= 0.3 is 0 Å². The molecule has 1 aromatic carbocycles. The Morgan fingerprint density at radius 3 is 2.50 bits per heavy atom. The summed E-state index contributed by atoms with van der Waals surface area (Å²) in [5, 5.41) is 18.3. The Hall–Kier alpha value is -0.950. The van der Waals surface area contributed by atoms with Gasteiger partial charge in [0, 0.05) is 6.07 Å². The number of hydrogen-bond donors (Lipinski definition) is 2. The van der Waals surface area contributed by atoms with E-state index in [1.54, 1.807) is 0 Å². The van der Waals surface area contributed by atoms with Crippen molar-refractivity contribution in [2.45, 2.75) is 0 Å². The molecule has 0 saturated heterocycles. The van der Waals surface area contributed by atoms with Crippen molar-refractivity contribution < 1.29 is 14.7 Å². The van der Waals surface area contributed by atoms with E-state index in [9.17, 15) is 5.11 Å². The van der Waals surface area contributed by atoms with Gasteiger partial charge in [-0.25, -0.2) is 0 Å². The Labute approximate surface area is 72.4 Å². The van der Waals surface area contributed by atoms with Crippen LogP contribution in [-0.2, 0) is 0 Å². The molecule has 0 saturated carbocycles. The molecule has 0 bridgehead atoms. The Bertz CT molecular complexity index is 273. The van der Waals surface area contributed by atoms with Crippen LogP contribution in [-0.4, -0.2) is 23.5 Å². The smallest absolute Gasteiger partial charge is 0.168 e. The average molecular weight is 186 g/mol. The number of phenolic OH excluding ortho intramolecular Hbond substituents is 2. The maximum absolute atomic E-state index is 9.26. The third-order valence-corrected chi connectivity index (χ3v) is 1.79. The summed E-state index contributed by atoms with van der Waals surface area (Å²) in [6.45, 7) is 3.83. The molecule has 3 nitrogen and oxygen atoms in total. The zero-order valence-electron chi connectivity index (χ0n) is 6.98. The predicted molar refractivity (Wildman–Crippen MR) is 49.2 cm³/mol. The van der Waals surface area contributed by atoms with Gasteiger partial charge in [-0.05, 0) is 25.5 Å². The summed E-state index contributed by atoms with van der Waals surface area (Å²) in [4.78, 5) is 0. The highest BCUT2D eigenvalue weighted by molar-refractivity contribution is 7.51. The third kappa shape index (κ3) is 2.28. The normalized spacial score (nSPS) is 10.2. The summed E-state index contributed by atoms with van der Waals surface area (Å²) >= 11 is 0. The zero-order chi connectivity index (χ0) is 9.14. The van der Waals surface area contributed by atoms with Crippen molar-refractivity contribution in [1.29, 1.82) is 0 Å². The molecule has 4 heteroatoms. The lowest BCUT2D eigenvalue weighted by Crippen LogP contribution is -1.84. The van der Waals surface area contributed by atoms with Crippen LogP contribution in [0.25, 0.3) is 0 Å². The second kappa shape index (κ2) is 3.63. The monoisotopic (exact) mass is 186 g/mol. The topological polar surface area (TPSA) is 49.7 Å². The minimum Gasteiger partial charge on any atom is -0.508 e.